The number of rotatable bonds is 5. The molecule has 0 aromatic rings. The third kappa shape index (κ3) is 2.93. The summed E-state index contributed by atoms with van der Waals surface area (Å²) in [6, 6.07) is 0. The summed E-state index contributed by atoms with van der Waals surface area (Å²) in [6.45, 7) is 9.99. The molecule has 0 heterocycles. The lowest BCUT2D eigenvalue weighted by Gasteiger charge is -2.22. The van der Waals surface area contributed by atoms with Crippen LogP contribution in [0.2, 0.25) is 0 Å². The molecule has 0 aromatic carbocycles. The molecule has 1 unspecified atom stereocenters. The molecule has 3 nitrogen and oxygen atoms in total. The quantitative estimate of drug-likeness (QED) is 0.414. The summed E-state index contributed by atoms with van der Waals surface area (Å²) in [5.74, 6) is -0.622. The summed E-state index contributed by atoms with van der Waals surface area (Å²) in [5, 5.41) is 0. The zero-order chi connectivity index (χ0) is 12.8. The highest BCUT2D eigenvalue weighted by Crippen LogP contribution is 2.28. The van der Waals surface area contributed by atoms with Gasteiger partial charge in [-0.2, -0.15) is 0 Å². The maximum atomic E-state index is 12.2. The zero-order valence-corrected chi connectivity index (χ0v) is 10.3. The van der Waals surface area contributed by atoms with Crippen molar-refractivity contribution in [2.45, 2.75) is 19.8 Å². The monoisotopic (exact) mass is 233 g/mol. The SMILES string of the molecule is C=CCN(CC=C)C(=O)C1CC/C(=C\C)C1=O. The van der Waals surface area contributed by atoms with Gasteiger partial charge in [-0.15, -0.1) is 13.2 Å². The molecule has 0 bridgehead atoms. The van der Waals surface area contributed by atoms with E-state index in [9.17, 15) is 9.59 Å². The summed E-state index contributed by atoms with van der Waals surface area (Å²) < 4.78 is 0. The van der Waals surface area contributed by atoms with Crippen LogP contribution in [0.3, 0.4) is 0 Å². The number of carbonyl (C=O) groups excluding carboxylic acids is 2. The Morgan fingerprint density at radius 1 is 1.41 bits per heavy atom. The third-order valence-corrected chi connectivity index (χ3v) is 2.99. The van der Waals surface area contributed by atoms with E-state index in [0.29, 0.717) is 25.9 Å². The molecule has 0 aromatic heterocycles. The summed E-state index contributed by atoms with van der Waals surface area (Å²) in [6.07, 6.45) is 6.47. The average Bonchev–Trinajstić information content (AvgIpc) is 2.69. The molecule has 92 valence electrons. The van der Waals surface area contributed by atoms with Crippen molar-refractivity contribution in [1.29, 1.82) is 0 Å². The molecule has 1 amide bonds. The van der Waals surface area contributed by atoms with E-state index in [1.54, 1.807) is 23.1 Å². The normalized spacial score (nSPS) is 21.6. The van der Waals surface area contributed by atoms with Crippen molar-refractivity contribution in [3.63, 3.8) is 0 Å². The Bertz CT molecular complexity index is 358. The summed E-state index contributed by atoms with van der Waals surface area (Å²) in [7, 11) is 0. The highest BCUT2D eigenvalue weighted by atomic mass is 16.2. The minimum Gasteiger partial charge on any atom is -0.335 e. The Morgan fingerprint density at radius 3 is 2.41 bits per heavy atom. The van der Waals surface area contributed by atoms with Gasteiger partial charge in [0.2, 0.25) is 5.91 Å². The lowest BCUT2D eigenvalue weighted by atomic mass is 10.0. The van der Waals surface area contributed by atoms with Crippen molar-refractivity contribution >= 4 is 11.7 Å². The molecule has 0 saturated heterocycles. The fourth-order valence-corrected chi connectivity index (χ4v) is 2.09. The third-order valence-electron chi connectivity index (χ3n) is 2.99. The van der Waals surface area contributed by atoms with Crippen LogP contribution in [-0.4, -0.2) is 29.7 Å². The number of amides is 1. The highest BCUT2D eigenvalue weighted by Gasteiger charge is 2.36. The molecule has 1 atom stereocenters. The Morgan fingerprint density at radius 2 is 2.00 bits per heavy atom. The molecule has 0 N–H and O–H groups in total. The molecule has 1 saturated carbocycles. The van der Waals surface area contributed by atoms with Crippen molar-refractivity contribution in [3.8, 4) is 0 Å². The lowest BCUT2D eigenvalue weighted by molar-refractivity contribution is -0.138. The van der Waals surface area contributed by atoms with E-state index in [2.05, 4.69) is 13.2 Å². The smallest absolute Gasteiger partial charge is 0.234 e. The van der Waals surface area contributed by atoms with Gasteiger partial charge in [-0.1, -0.05) is 18.2 Å². The zero-order valence-electron chi connectivity index (χ0n) is 10.3. The molecule has 17 heavy (non-hydrogen) atoms. The standard InChI is InChI=1S/C14H19NO2/c1-4-9-15(10-5-2)14(17)12-8-7-11(6-3)13(12)16/h4-6,12H,1-2,7-10H2,3H3/b11-6+. The van der Waals surface area contributed by atoms with E-state index in [1.165, 1.54) is 0 Å². The van der Waals surface area contributed by atoms with Gasteiger partial charge < -0.3 is 4.90 Å². The van der Waals surface area contributed by atoms with Crippen LogP contribution in [0.1, 0.15) is 19.8 Å². The van der Waals surface area contributed by atoms with E-state index < -0.39 is 5.92 Å². The van der Waals surface area contributed by atoms with Crippen LogP contribution in [0.5, 0.6) is 0 Å². The number of hydrogen-bond donors (Lipinski definition) is 0. The topological polar surface area (TPSA) is 37.4 Å². The van der Waals surface area contributed by atoms with Crippen LogP contribution in [0.4, 0.5) is 0 Å². The molecule has 0 radical (unpaired) electrons. The predicted octanol–water partition coefficient (Wildman–Crippen LogP) is 2.11. The molecular formula is C14H19NO2. The van der Waals surface area contributed by atoms with E-state index in [-0.39, 0.29) is 11.7 Å². The summed E-state index contributed by atoms with van der Waals surface area (Å²) in [4.78, 5) is 25.7. The van der Waals surface area contributed by atoms with Crippen molar-refractivity contribution in [2.24, 2.45) is 5.92 Å². The maximum Gasteiger partial charge on any atom is 0.234 e. The Labute approximate surface area is 102 Å². The van der Waals surface area contributed by atoms with Gasteiger partial charge >= 0.3 is 0 Å². The maximum absolute atomic E-state index is 12.2. The van der Waals surface area contributed by atoms with Gasteiger partial charge in [0.05, 0.1) is 0 Å². The fourth-order valence-electron chi connectivity index (χ4n) is 2.09. The molecule has 1 rings (SSSR count). The predicted molar refractivity (Wildman–Crippen MR) is 68.5 cm³/mol. The van der Waals surface area contributed by atoms with Gasteiger partial charge in [0, 0.05) is 13.1 Å². The number of ketones is 1. The van der Waals surface area contributed by atoms with Crippen molar-refractivity contribution in [1.82, 2.24) is 4.90 Å². The Hall–Kier alpha value is -1.64. The Kier molecular flexibility index (Phi) is 4.88. The van der Waals surface area contributed by atoms with Crippen LogP contribution in [0, 0.1) is 5.92 Å². The summed E-state index contributed by atoms with van der Waals surface area (Å²) in [5.41, 5.74) is 0.778. The number of allylic oxidation sites excluding steroid dienone is 2. The number of Topliss-reactive ketones (excluding diaryl/α,β-unsaturated/α-hetero) is 1. The van der Waals surface area contributed by atoms with Crippen molar-refractivity contribution < 1.29 is 9.59 Å². The number of hydrogen-bond acceptors (Lipinski definition) is 2. The second-order valence-corrected chi connectivity index (χ2v) is 4.09. The Balaban J connectivity index is 2.78. The van der Waals surface area contributed by atoms with Crippen LogP contribution in [0.15, 0.2) is 37.0 Å². The highest BCUT2D eigenvalue weighted by molar-refractivity contribution is 6.11. The van der Waals surface area contributed by atoms with E-state index in [1.807, 2.05) is 6.92 Å². The molecular weight excluding hydrogens is 214 g/mol. The largest absolute Gasteiger partial charge is 0.335 e. The first-order chi connectivity index (χ1) is 8.15. The van der Waals surface area contributed by atoms with E-state index >= 15 is 0 Å². The number of nitrogens with zero attached hydrogens (tertiary/aromatic N) is 1. The van der Waals surface area contributed by atoms with Crippen LogP contribution in [0.25, 0.3) is 0 Å². The van der Waals surface area contributed by atoms with Crippen LogP contribution >= 0.6 is 0 Å². The van der Waals surface area contributed by atoms with Gasteiger partial charge in [-0.25, -0.2) is 0 Å². The first-order valence-electron chi connectivity index (χ1n) is 5.85. The lowest BCUT2D eigenvalue weighted by Crippen LogP contribution is -2.38. The van der Waals surface area contributed by atoms with Crippen molar-refractivity contribution in [2.75, 3.05) is 13.1 Å². The second-order valence-electron chi connectivity index (χ2n) is 4.09. The van der Waals surface area contributed by atoms with E-state index in [4.69, 9.17) is 0 Å². The van der Waals surface area contributed by atoms with Gasteiger partial charge in [0.25, 0.3) is 0 Å². The molecule has 1 fully saturated rings. The van der Waals surface area contributed by atoms with Crippen LogP contribution in [-0.2, 0) is 9.59 Å². The molecule has 0 spiro atoms. The molecule has 3 heteroatoms. The summed E-state index contributed by atoms with van der Waals surface area (Å²) >= 11 is 0. The minimum atomic E-state index is -0.499. The average molecular weight is 233 g/mol. The van der Waals surface area contributed by atoms with Gasteiger partial charge in [0.1, 0.15) is 5.92 Å². The number of carbonyl (C=O) groups is 2. The molecule has 1 aliphatic carbocycles. The first kappa shape index (κ1) is 13.4. The van der Waals surface area contributed by atoms with Gasteiger partial charge in [0.15, 0.2) is 5.78 Å². The van der Waals surface area contributed by atoms with Gasteiger partial charge in [-0.05, 0) is 25.3 Å². The first-order valence-corrected chi connectivity index (χ1v) is 5.85. The molecule has 1 aliphatic rings. The molecule has 0 aliphatic heterocycles. The van der Waals surface area contributed by atoms with Crippen LogP contribution < -0.4 is 0 Å². The fraction of sp³-hybridized carbons (Fsp3) is 0.429. The van der Waals surface area contributed by atoms with Crippen molar-refractivity contribution in [3.05, 3.63) is 37.0 Å². The second kappa shape index (κ2) is 6.18. The minimum absolute atomic E-state index is 0.0179. The van der Waals surface area contributed by atoms with E-state index in [0.717, 1.165) is 5.57 Å². The van der Waals surface area contributed by atoms with Gasteiger partial charge in [-0.3, -0.25) is 9.59 Å².